The fourth-order valence-corrected chi connectivity index (χ4v) is 0.447. The van der Waals surface area contributed by atoms with Crippen molar-refractivity contribution < 1.29 is 17.2 Å². The summed E-state index contributed by atoms with van der Waals surface area (Å²) in [5.74, 6) is 0. The van der Waals surface area contributed by atoms with E-state index in [0.29, 0.717) is 0 Å². The molecular formula is C2H6MgO4S+2. The second-order valence-electron chi connectivity index (χ2n) is 0.834. The van der Waals surface area contributed by atoms with Crippen LogP contribution in [-0.4, -0.2) is 42.6 Å². The van der Waals surface area contributed by atoms with Crippen LogP contribution in [0, 0.1) is 0 Å². The Labute approximate surface area is 64.3 Å². The first-order valence-corrected chi connectivity index (χ1v) is 3.04. The van der Waals surface area contributed by atoms with E-state index in [-0.39, 0.29) is 29.7 Å². The van der Waals surface area contributed by atoms with Crippen molar-refractivity contribution in [2.75, 3.05) is 6.61 Å². The van der Waals surface area contributed by atoms with Crippen LogP contribution in [0.25, 0.3) is 0 Å². The van der Waals surface area contributed by atoms with Gasteiger partial charge in [-0.3, -0.25) is 4.55 Å². The Morgan fingerprint density at radius 2 is 2.00 bits per heavy atom. The van der Waals surface area contributed by atoms with E-state index in [1.807, 2.05) is 0 Å². The van der Waals surface area contributed by atoms with Crippen molar-refractivity contribution >= 4 is 33.5 Å². The summed E-state index contributed by atoms with van der Waals surface area (Å²) in [5, 5.41) is 0. The fraction of sp³-hybridized carbons (Fsp3) is 1.00. The Morgan fingerprint density at radius 3 is 2.00 bits per heavy atom. The smallest absolute Gasteiger partial charge is 0.264 e. The molecule has 0 rings (SSSR count). The summed E-state index contributed by atoms with van der Waals surface area (Å²) < 4.78 is 30.7. The van der Waals surface area contributed by atoms with Gasteiger partial charge in [-0.25, -0.2) is 4.18 Å². The quantitative estimate of drug-likeness (QED) is 0.424. The van der Waals surface area contributed by atoms with Crippen LogP contribution < -0.4 is 0 Å². The molecule has 0 aromatic carbocycles. The van der Waals surface area contributed by atoms with Gasteiger partial charge in [0.25, 0.3) is 0 Å². The first-order chi connectivity index (χ1) is 3.06. The van der Waals surface area contributed by atoms with E-state index in [2.05, 4.69) is 4.18 Å². The minimum absolute atomic E-state index is 0. The predicted molar refractivity (Wildman–Crippen MR) is 28.9 cm³/mol. The molecule has 0 saturated carbocycles. The van der Waals surface area contributed by atoms with Crippen LogP contribution >= 0.6 is 0 Å². The minimum atomic E-state index is -4.17. The van der Waals surface area contributed by atoms with Gasteiger partial charge in [0.2, 0.25) is 0 Å². The van der Waals surface area contributed by atoms with Crippen LogP contribution in [-0.2, 0) is 14.6 Å². The van der Waals surface area contributed by atoms with Crippen molar-refractivity contribution in [3.05, 3.63) is 0 Å². The van der Waals surface area contributed by atoms with Gasteiger partial charge in [-0.15, -0.1) is 0 Å². The molecule has 8 heavy (non-hydrogen) atoms. The Kier molecular flexibility index (Phi) is 6.45. The average molecular weight is 150 g/mol. The first kappa shape index (κ1) is 11.4. The molecule has 0 atom stereocenters. The van der Waals surface area contributed by atoms with Crippen molar-refractivity contribution in [1.82, 2.24) is 0 Å². The van der Waals surface area contributed by atoms with Crippen LogP contribution in [0.4, 0.5) is 0 Å². The molecule has 0 bridgehead atoms. The fourth-order valence-electron chi connectivity index (χ4n) is 0.149. The molecule has 44 valence electrons. The Morgan fingerprint density at radius 1 is 1.62 bits per heavy atom. The zero-order chi connectivity index (χ0) is 5.91. The van der Waals surface area contributed by atoms with Crippen LogP contribution in [0.1, 0.15) is 6.92 Å². The van der Waals surface area contributed by atoms with Gasteiger partial charge >= 0.3 is 33.5 Å². The molecule has 0 aliphatic rings. The summed E-state index contributed by atoms with van der Waals surface area (Å²) in [5.41, 5.74) is 0. The third kappa shape index (κ3) is 9.81. The maximum absolute atomic E-state index is 9.56. The van der Waals surface area contributed by atoms with Gasteiger partial charge in [-0.05, 0) is 6.92 Å². The van der Waals surface area contributed by atoms with E-state index in [1.165, 1.54) is 6.92 Å². The maximum Gasteiger partial charge on any atom is 2.00 e. The molecule has 0 spiro atoms. The molecule has 0 aliphatic carbocycles. The van der Waals surface area contributed by atoms with Crippen molar-refractivity contribution in [3.63, 3.8) is 0 Å². The van der Waals surface area contributed by atoms with Gasteiger partial charge in [0.15, 0.2) is 0 Å². The van der Waals surface area contributed by atoms with Crippen molar-refractivity contribution in [2.24, 2.45) is 0 Å². The topological polar surface area (TPSA) is 63.6 Å². The standard InChI is InChI=1S/C2H6O4S.Mg/c1-2-6-7(3,4)5;/h2H2,1H3,(H,3,4,5);/q;+2. The molecular weight excluding hydrogens is 144 g/mol. The SMILES string of the molecule is CCOS(=O)(=O)O.[Mg+2]. The Balaban J connectivity index is 0. The predicted octanol–water partition coefficient (Wildman–Crippen LogP) is -0.555. The van der Waals surface area contributed by atoms with E-state index in [1.54, 1.807) is 0 Å². The molecule has 4 nitrogen and oxygen atoms in total. The largest absolute Gasteiger partial charge is 2.00 e. The van der Waals surface area contributed by atoms with Gasteiger partial charge in [0, 0.05) is 0 Å². The normalized spacial score (nSPS) is 10.2. The van der Waals surface area contributed by atoms with E-state index < -0.39 is 10.4 Å². The molecule has 0 saturated heterocycles. The zero-order valence-electron chi connectivity index (χ0n) is 4.49. The van der Waals surface area contributed by atoms with Crippen molar-refractivity contribution in [2.45, 2.75) is 6.92 Å². The van der Waals surface area contributed by atoms with Gasteiger partial charge in [-0.1, -0.05) is 0 Å². The van der Waals surface area contributed by atoms with E-state index in [9.17, 15) is 8.42 Å². The van der Waals surface area contributed by atoms with Crippen molar-refractivity contribution in [1.29, 1.82) is 0 Å². The monoisotopic (exact) mass is 150 g/mol. The van der Waals surface area contributed by atoms with E-state index in [0.717, 1.165) is 0 Å². The third-order valence-electron chi connectivity index (χ3n) is 0.267. The van der Waals surface area contributed by atoms with Crippen molar-refractivity contribution in [3.8, 4) is 0 Å². The summed E-state index contributed by atoms with van der Waals surface area (Å²) in [6, 6.07) is 0. The first-order valence-electron chi connectivity index (χ1n) is 1.68. The molecule has 6 heteroatoms. The van der Waals surface area contributed by atoms with Gasteiger partial charge < -0.3 is 0 Å². The molecule has 0 aromatic heterocycles. The minimum Gasteiger partial charge on any atom is -0.264 e. The summed E-state index contributed by atoms with van der Waals surface area (Å²) >= 11 is 0. The third-order valence-corrected chi connectivity index (χ3v) is 0.800. The molecule has 0 heterocycles. The summed E-state index contributed by atoms with van der Waals surface area (Å²) in [6.45, 7) is 1.44. The Bertz CT molecular complexity index is 127. The molecule has 0 aromatic rings. The summed E-state index contributed by atoms with van der Waals surface area (Å²) in [4.78, 5) is 0. The molecule has 0 amide bonds. The molecule has 0 unspecified atom stereocenters. The number of hydrogen-bond acceptors (Lipinski definition) is 3. The number of hydrogen-bond donors (Lipinski definition) is 1. The van der Waals surface area contributed by atoms with Crippen LogP contribution in [0.2, 0.25) is 0 Å². The second kappa shape index (κ2) is 4.51. The zero-order valence-corrected chi connectivity index (χ0v) is 6.73. The van der Waals surface area contributed by atoms with Crippen LogP contribution in [0.5, 0.6) is 0 Å². The van der Waals surface area contributed by atoms with Crippen LogP contribution in [0.15, 0.2) is 0 Å². The number of rotatable bonds is 2. The van der Waals surface area contributed by atoms with Gasteiger partial charge in [0.05, 0.1) is 6.61 Å². The summed E-state index contributed by atoms with van der Waals surface area (Å²) in [6.07, 6.45) is 0. The average Bonchev–Trinajstić information content (AvgIpc) is 1.30. The maximum atomic E-state index is 9.56. The molecule has 1 N–H and O–H groups in total. The molecule has 0 fully saturated rings. The van der Waals surface area contributed by atoms with Crippen LogP contribution in [0.3, 0.4) is 0 Å². The Hall–Kier alpha value is 0.636. The van der Waals surface area contributed by atoms with Gasteiger partial charge in [-0.2, -0.15) is 8.42 Å². The molecule has 0 aliphatic heterocycles. The second-order valence-corrected chi connectivity index (χ2v) is 1.93. The molecule has 0 radical (unpaired) electrons. The van der Waals surface area contributed by atoms with E-state index in [4.69, 9.17) is 4.55 Å². The summed E-state index contributed by atoms with van der Waals surface area (Å²) in [7, 11) is -4.17. The van der Waals surface area contributed by atoms with Gasteiger partial charge in [0.1, 0.15) is 0 Å². The van der Waals surface area contributed by atoms with E-state index >= 15 is 0 Å².